The number of methoxy groups -OCH3 is 1. The van der Waals surface area contributed by atoms with Crippen LogP contribution < -0.4 is 3.53 Å². The first-order chi connectivity index (χ1) is 13.6. The largest absolute Gasteiger partial charge is 0.379 e. The van der Waals surface area contributed by atoms with Gasteiger partial charge >= 0.3 is 0 Å². The molecule has 0 aromatic carbocycles. The van der Waals surface area contributed by atoms with E-state index in [-0.39, 0.29) is 23.9 Å². The number of hydrogen-bond donors (Lipinski definition) is 1. The highest BCUT2D eigenvalue weighted by Gasteiger charge is 2.29. The van der Waals surface area contributed by atoms with E-state index in [1.807, 2.05) is 0 Å². The summed E-state index contributed by atoms with van der Waals surface area (Å²) in [6.07, 6.45) is 11.8. The van der Waals surface area contributed by atoms with Crippen LogP contribution >= 0.6 is 22.9 Å². The third kappa shape index (κ3) is 9.81. The Morgan fingerprint density at radius 1 is 1.31 bits per heavy atom. The van der Waals surface area contributed by atoms with Crippen LogP contribution in [-0.4, -0.2) is 43.7 Å². The highest BCUT2D eigenvalue weighted by molar-refractivity contribution is 14.1. The standard InChI is InChI=1S/C24H44INO3/c1-9-22(27-8)20(5)29-24(6,7)15-17(2)11-10-12-18(3)23-19(4)13-14-21(28-23)16-26-25/h10-12,17,19-23,26H,9,13-16H2,1-8H3/b11-10+,18-12+/t17-,19+,20-,21-,22+,23-/m1/s1. The molecule has 1 N–H and O–H groups in total. The molecule has 0 saturated carbocycles. The van der Waals surface area contributed by atoms with Gasteiger partial charge in [-0.15, -0.1) is 0 Å². The van der Waals surface area contributed by atoms with Crippen molar-refractivity contribution in [2.75, 3.05) is 13.7 Å². The maximum atomic E-state index is 6.33. The molecule has 0 aromatic heterocycles. The molecule has 1 saturated heterocycles. The highest BCUT2D eigenvalue weighted by atomic mass is 127. The number of hydrogen-bond acceptors (Lipinski definition) is 4. The van der Waals surface area contributed by atoms with E-state index in [2.05, 4.69) is 93.1 Å². The molecular weight excluding hydrogens is 477 g/mol. The second kappa shape index (κ2) is 13.5. The fourth-order valence-electron chi connectivity index (χ4n) is 4.45. The van der Waals surface area contributed by atoms with Crippen LogP contribution in [0.5, 0.6) is 0 Å². The summed E-state index contributed by atoms with van der Waals surface area (Å²) in [5, 5.41) is 0. The van der Waals surface area contributed by atoms with E-state index in [4.69, 9.17) is 14.2 Å². The summed E-state index contributed by atoms with van der Waals surface area (Å²) in [4.78, 5) is 0. The van der Waals surface area contributed by atoms with Gasteiger partial charge in [0.05, 0.1) is 30.0 Å². The van der Waals surface area contributed by atoms with E-state index in [1.54, 1.807) is 7.11 Å². The molecule has 0 radical (unpaired) electrons. The summed E-state index contributed by atoms with van der Waals surface area (Å²) in [7, 11) is 1.76. The smallest absolute Gasteiger partial charge is 0.0827 e. The van der Waals surface area contributed by atoms with Crippen molar-refractivity contribution in [3.63, 3.8) is 0 Å². The van der Waals surface area contributed by atoms with Crippen molar-refractivity contribution in [2.24, 2.45) is 11.8 Å². The zero-order valence-corrected chi connectivity index (χ0v) is 22.0. The minimum absolute atomic E-state index is 0.0910. The summed E-state index contributed by atoms with van der Waals surface area (Å²) in [5.74, 6) is 1.01. The normalized spacial score (nSPS) is 27.2. The van der Waals surface area contributed by atoms with E-state index < -0.39 is 0 Å². The molecule has 0 aliphatic carbocycles. The van der Waals surface area contributed by atoms with Crippen LogP contribution in [0.4, 0.5) is 0 Å². The number of rotatable bonds is 12. The molecule has 0 bridgehead atoms. The minimum Gasteiger partial charge on any atom is -0.379 e. The molecular formula is C24H44INO3. The molecule has 0 unspecified atom stereocenters. The Kier molecular flexibility index (Phi) is 12.6. The second-order valence-corrected chi connectivity index (χ2v) is 10.1. The predicted molar refractivity (Wildman–Crippen MR) is 131 cm³/mol. The van der Waals surface area contributed by atoms with Crippen LogP contribution in [0.15, 0.2) is 23.8 Å². The van der Waals surface area contributed by atoms with Crippen molar-refractivity contribution in [2.45, 2.75) is 104 Å². The lowest BCUT2D eigenvalue weighted by Gasteiger charge is -2.35. The molecule has 170 valence electrons. The molecule has 1 aliphatic heterocycles. The van der Waals surface area contributed by atoms with Crippen LogP contribution in [0.1, 0.15) is 74.1 Å². The molecule has 4 nitrogen and oxygen atoms in total. The summed E-state index contributed by atoms with van der Waals surface area (Å²) in [5.41, 5.74) is 1.13. The van der Waals surface area contributed by atoms with Crippen LogP contribution in [-0.2, 0) is 14.2 Å². The van der Waals surface area contributed by atoms with Crippen LogP contribution in [0.25, 0.3) is 0 Å². The fourth-order valence-corrected chi connectivity index (χ4v) is 4.95. The number of nitrogens with one attached hydrogen (secondary N) is 1. The summed E-state index contributed by atoms with van der Waals surface area (Å²) in [6.45, 7) is 16.3. The first-order valence-corrected chi connectivity index (χ1v) is 12.3. The van der Waals surface area contributed by atoms with Crippen molar-refractivity contribution in [1.29, 1.82) is 0 Å². The first-order valence-electron chi connectivity index (χ1n) is 11.2. The Morgan fingerprint density at radius 2 is 2.00 bits per heavy atom. The Morgan fingerprint density at radius 3 is 2.59 bits per heavy atom. The van der Waals surface area contributed by atoms with Crippen molar-refractivity contribution >= 4 is 22.9 Å². The lowest BCUT2D eigenvalue weighted by molar-refractivity contribution is -0.125. The van der Waals surface area contributed by atoms with Gasteiger partial charge in [-0.1, -0.05) is 39.0 Å². The third-order valence-electron chi connectivity index (χ3n) is 5.90. The van der Waals surface area contributed by atoms with Gasteiger partial charge in [0.25, 0.3) is 0 Å². The number of halogens is 1. The average molecular weight is 522 g/mol. The Bertz CT molecular complexity index is 516. The van der Waals surface area contributed by atoms with Gasteiger partial charge in [0, 0.05) is 36.5 Å². The lowest BCUT2D eigenvalue weighted by atomic mass is 9.89. The van der Waals surface area contributed by atoms with Crippen LogP contribution in [0.2, 0.25) is 0 Å². The zero-order valence-electron chi connectivity index (χ0n) is 19.8. The molecule has 1 aliphatic rings. The molecule has 5 heteroatoms. The van der Waals surface area contributed by atoms with Gasteiger partial charge in [0.2, 0.25) is 0 Å². The number of allylic oxidation sites excluding steroid dienone is 3. The van der Waals surface area contributed by atoms with Gasteiger partial charge in [-0.2, -0.15) is 0 Å². The van der Waals surface area contributed by atoms with Gasteiger partial charge < -0.3 is 14.2 Å². The summed E-state index contributed by atoms with van der Waals surface area (Å²) >= 11 is 2.20. The molecule has 1 rings (SSSR count). The van der Waals surface area contributed by atoms with Gasteiger partial charge in [0.15, 0.2) is 0 Å². The number of ether oxygens (including phenoxy) is 3. The SMILES string of the molecule is CC[C@H](OC)[C@@H](C)OC(C)(C)C[C@H](C)/C=C/C=C(\C)[C@H]1O[C@@H](CNI)CC[C@@H]1C. The van der Waals surface area contributed by atoms with Crippen LogP contribution in [0, 0.1) is 11.8 Å². The quantitative estimate of drug-likeness (QED) is 0.187. The molecule has 0 spiro atoms. The van der Waals surface area contributed by atoms with Gasteiger partial charge in [-0.25, -0.2) is 0 Å². The second-order valence-electron chi connectivity index (χ2n) is 9.31. The monoisotopic (exact) mass is 521 g/mol. The maximum Gasteiger partial charge on any atom is 0.0827 e. The lowest BCUT2D eigenvalue weighted by Crippen LogP contribution is -2.38. The van der Waals surface area contributed by atoms with Gasteiger partial charge in [-0.05, 0) is 70.8 Å². The van der Waals surface area contributed by atoms with Gasteiger partial charge in [0.1, 0.15) is 0 Å². The molecule has 1 heterocycles. The Hall–Kier alpha value is 0.0500. The molecule has 6 atom stereocenters. The summed E-state index contributed by atoms with van der Waals surface area (Å²) in [6, 6.07) is 0. The zero-order chi connectivity index (χ0) is 22.0. The minimum atomic E-state index is -0.186. The van der Waals surface area contributed by atoms with E-state index >= 15 is 0 Å². The van der Waals surface area contributed by atoms with Crippen molar-refractivity contribution < 1.29 is 14.2 Å². The van der Waals surface area contributed by atoms with E-state index in [0.29, 0.717) is 17.9 Å². The molecule has 0 aromatic rings. The van der Waals surface area contributed by atoms with Crippen molar-refractivity contribution in [1.82, 2.24) is 3.53 Å². The fraction of sp³-hybridized carbons (Fsp3) is 0.833. The van der Waals surface area contributed by atoms with Crippen molar-refractivity contribution in [3.05, 3.63) is 23.8 Å². The molecule has 29 heavy (non-hydrogen) atoms. The van der Waals surface area contributed by atoms with E-state index in [9.17, 15) is 0 Å². The Labute approximate surface area is 193 Å². The maximum absolute atomic E-state index is 6.33. The first kappa shape index (κ1) is 27.1. The summed E-state index contributed by atoms with van der Waals surface area (Å²) < 4.78 is 21.4. The molecule has 1 fully saturated rings. The molecule has 0 amide bonds. The average Bonchev–Trinajstić information content (AvgIpc) is 2.63. The van der Waals surface area contributed by atoms with Crippen molar-refractivity contribution in [3.8, 4) is 0 Å². The van der Waals surface area contributed by atoms with E-state index in [0.717, 1.165) is 25.8 Å². The Balaban J connectivity index is 2.60. The van der Waals surface area contributed by atoms with E-state index in [1.165, 1.54) is 12.0 Å². The predicted octanol–water partition coefficient (Wildman–Crippen LogP) is 6.25. The topological polar surface area (TPSA) is 39.7 Å². The highest BCUT2D eigenvalue weighted by Crippen LogP contribution is 2.29. The third-order valence-corrected chi connectivity index (χ3v) is 6.34. The van der Waals surface area contributed by atoms with Crippen LogP contribution in [0.3, 0.4) is 0 Å². The van der Waals surface area contributed by atoms with Gasteiger partial charge in [-0.3, -0.25) is 3.53 Å².